The minimum Gasteiger partial charge on any atom is -0.372 e. The van der Waals surface area contributed by atoms with Crippen LogP contribution in [0.4, 0.5) is 13.2 Å². The summed E-state index contributed by atoms with van der Waals surface area (Å²) in [6.07, 6.45) is -0.0929. The van der Waals surface area contributed by atoms with E-state index in [1.54, 1.807) is 29.2 Å². The molecule has 178 valence electrons. The maximum absolute atomic E-state index is 12.7. The van der Waals surface area contributed by atoms with Crippen LogP contribution in [0.5, 0.6) is 0 Å². The molecule has 0 bridgehead atoms. The van der Waals surface area contributed by atoms with E-state index in [2.05, 4.69) is 5.32 Å². The molecule has 0 saturated carbocycles. The maximum Gasteiger partial charge on any atom is 0.501 e. The van der Waals surface area contributed by atoms with E-state index in [-0.39, 0.29) is 30.2 Å². The first-order valence-electron chi connectivity index (χ1n) is 10.1. The first-order valence-corrected chi connectivity index (χ1v) is 11.6. The monoisotopic (exact) mass is 484 g/mol. The molecule has 3 rings (SSSR count). The van der Waals surface area contributed by atoms with Crippen LogP contribution in [0.25, 0.3) is 0 Å². The van der Waals surface area contributed by atoms with Crippen molar-refractivity contribution in [1.29, 1.82) is 0 Å². The highest BCUT2D eigenvalue weighted by atomic mass is 32.2. The second-order valence-corrected chi connectivity index (χ2v) is 9.76. The Hall–Kier alpha value is -2.92. The summed E-state index contributed by atoms with van der Waals surface area (Å²) in [6.45, 7) is 4.94. The van der Waals surface area contributed by atoms with Gasteiger partial charge in [-0.1, -0.05) is 12.1 Å². The molecule has 0 aromatic heterocycles. The molecule has 0 spiro atoms. The molecule has 0 radical (unpaired) electrons. The number of hydrogen-bond acceptors (Lipinski definition) is 5. The molecule has 1 N–H and O–H groups in total. The number of nitrogens with zero attached hydrogens (tertiary/aromatic N) is 1. The number of carbonyl (C=O) groups is 2. The fourth-order valence-corrected chi connectivity index (χ4v) is 4.26. The molecule has 0 aliphatic carbocycles. The number of benzene rings is 2. The molecule has 2 amide bonds. The predicted molar refractivity (Wildman–Crippen MR) is 113 cm³/mol. The number of hydrogen-bond donors (Lipinski definition) is 1. The van der Waals surface area contributed by atoms with Crippen LogP contribution >= 0.6 is 0 Å². The van der Waals surface area contributed by atoms with Crippen molar-refractivity contribution in [2.24, 2.45) is 0 Å². The number of ether oxygens (including phenoxy) is 1. The van der Waals surface area contributed by atoms with Crippen LogP contribution in [0.2, 0.25) is 0 Å². The van der Waals surface area contributed by atoms with Crippen molar-refractivity contribution in [1.82, 2.24) is 10.2 Å². The van der Waals surface area contributed by atoms with E-state index in [0.29, 0.717) is 24.2 Å². The summed E-state index contributed by atoms with van der Waals surface area (Å²) in [5.41, 5.74) is -4.19. The Balaban J connectivity index is 1.59. The van der Waals surface area contributed by atoms with Gasteiger partial charge in [0, 0.05) is 30.8 Å². The average molecular weight is 484 g/mol. The first-order chi connectivity index (χ1) is 15.4. The van der Waals surface area contributed by atoms with E-state index < -0.39 is 26.1 Å². The van der Waals surface area contributed by atoms with E-state index in [9.17, 15) is 31.2 Å². The Morgan fingerprint density at radius 3 is 2.00 bits per heavy atom. The zero-order chi connectivity index (χ0) is 24.4. The molecule has 2 aromatic rings. The Labute approximate surface area is 189 Å². The highest BCUT2D eigenvalue weighted by Crippen LogP contribution is 2.30. The molecule has 11 heteroatoms. The molecular formula is C22H23F3N2O5S. The number of morpholine rings is 1. The highest BCUT2D eigenvalue weighted by molar-refractivity contribution is 7.92. The van der Waals surface area contributed by atoms with Crippen molar-refractivity contribution in [2.45, 2.75) is 43.0 Å². The summed E-state index contributed by atoms with van der Waals surface area (Å²) in [4.78, 5) is 25.8. The van der Waals surface area contributed by atoms with Crippen molar-refractivity contribution in [3.8, 4) is 0 Å². The van der Waals surface area contributed by atoms with Crippen LogP contribution in [0.15, 0.2) is 53.4 Å². The molecule has 1 saturated heterocycles. The molecule has 1 fully saturated rings. The molecule has 2 unspecified atom stereocenters. The fraction of sp³-hybridized carbons (Fsp3) is 0.364. The predicted octanol–water partition coefficient (Wildman–Crippen LogP) is 3.16. The van der Waals surface area contributed by atoms with Crippen LogP contribution in [-0.4, -0.2) is 55.9 Å². The lowest BCUT2D eigenvalue weighted by Crippen LogP contribution is -2.48. The van der Waals surface area contributed by atoms with Crippen molar-refractivity contribution in [2.75, 3.05) is 13.1 Å². The Bertz CT molecular complexity index is 1110. The molecule has 1 aliphatic rings. The molecular weight excluding hydrogens is 461 g/mol. The smallest absolute Gasteiger partial charge is 0.372 e. The molecule has 33 heavy (non-hydrogen) atoms. The zero-order valence-electron chi connectivity index (χ0n) is 17.9. The second-order valence-electron chi connectivity index (χ2n) is 7.82. The lowest BCUT2D eigenvalue weighted by Gasteiger charge is -2.35. The summed E-state index contributed by atoms with van der Waals surface area (Å²) in [5.74, 6) is -0.691. The highest BCUT2D eigenvalue weighted by Gasteiger charge is 2.46. The van der Waals surface area contributed by atoms with Crippen LogP contribution in [0.1, 0.15) is 40.1 Å². The van der Waals surface area contributed by atoms with Crippen molar-refractivity contribution >= 4 is 21.7 Å². The zero-order valence-corrected chi connectivity index (χ0v) is 18.7. The van der Waals surface area contributed by atoms with Gasteiger partial charge in [-0.2, -0.15) is 13.2 Å². The van der Waals surface area contributed by atoms with Gasteiger partial charge in [0.2, 0.25) is 0 Å². The number of nitrogens with one attached hydrogen (secondary N) is 1. The molecule has 7 nitrogen and oxygen atoms in total. The second kappa shape index (κ2) is 9.52. The van der Waals surface area contributed by atoms with E-state index in [1.165, 1.54) is 0 Å². The molecule has 1 heterocycles. The molecule has 2 atom stereocenters. The van der Waals surface area contributed by atoms with Gasteiger partial charge in [0.15, 0.2) is 0 Å². The number of carbonyl (C=O) groups excluding carboxylic acids is 2. The minimum absolute atomic E-state index is 0.0125. The maximum atomic E-state index is 12.7. The van der Waals surface area contributed by atoms with E-state index in [0.717, 1.165) is 24.3 Å². The fourth-order valence-electron chi connectivity index (χ4n) is 3.49. The summed E-state index contributed by atoms with van der Waals surface area (Å²) in [7, 11) is -5.47. The van der Waals surface area contributed by atoms with Gasteiger partial charge in [-0.15, -0.1) is 0 Å². The molecule has 1 aliphatic heterocycles. The van der Waals surface area contributed by atoms with Gasteiger partial charge < -0.3 is 15.0 Å². The van der Waals surface area contributed by atoms with Gasteiger partial charge in [0.1, 0.15) is 0 Å². The lowest BCUT2D eigenvalue weighted by atomic mass is 10.1. The summed E-state index contributed by atoms with van der Waals surface area (Å²) >= 11 is 0. The largest absolute Gasteiger partial charge is 0.501 e. The van der Waals surface area contributed by atoms with E-state index in [4.69, 9.17) is 4.74 Å². The number of halogens is 3. The Morgan fingerprint density at radius 1 is 0.970 bits per heavy atom. The number of alkyl halides is 3. The van der Waals surface area contributed by atoms with Crippen LogP contribution in [0.3, 0.4) is 0 Å². The Kier molecular flexibility index (Phi) is 7.13. The SMILES string of the molecule is CC1CN(C(=O)c2ccc(CNC(=O)c3ccc(S(=O)(=O)C(F)(F)F)cc3)cc2)CC(C)O1. The van der Waals surface area contributed by atoms with Crippen molar-refractivity contribution in [3.63, 3.8) is 0 Å². The van der Waals surface area contributed by atoms with Gasteiger partial charge in [-0.25, -0.2) is 8.42 Å². The van der Waals surface area contributed by atoms with Gasteiger partial charge in [0.05, 0.1) is 17.1 Å². The van der Waals surface area contributed by atoms with Crippen LogP contribution < -0.4 is 5.32 Å². The summed E-state index contributed by atoms with van der Waals surface area (Å²) in [6, 6.07) is 10.2. The normalized spacial score (nSPS) is 19.2. The molecule has 2 aromatic carbocycles. The van der Waals surface area contributed by atoms with Crippen LogP contribution in [0, 0.1) is 0 Å². The lowest BCUT2D eigenvalue weighted by molar-refractivity contribution is -0.0586. The van der Waals surface area contributed by atoms with Crippen LogP contribution in [-0.2, 0) is 21.1 Å². The van der Waals surface area contributed by atoms with E-state index in [1.807, 2.05) is 13.8 Å². The number of amides is 2. The van der Waals surface area contributed by atoms with Gasteiger partial charge in [-0.05, 0) is 55.8 Å². The Morgan fingerprint density at radius 2 is 1.48 bits per heavy atom. The third-order valence-electron chi connectivity index (χ3n) is 5.09. The first kappa shape index (κ1) is 24.7. The van der Waals surface area contributed by atoms with Gasteiger partial charge >= 0.3 is 5.51 Å². The van der Waals surface area contributed by atoms with Gasteiger partial charge in [-0.3, -0.25) is 9.59 Å². The topological polar surface area (TPSA) is 92.8 Å². The standard InChI is InChI=1S/C22H23F3N2O5S/c1-14-12-27(13-15(2)32-14)21(29)18-5-3-16(4-6-18)11-26-20(28)17-7-9-19(10-8-17)33(30,31)22(23,24)25/h3-10,14-15H,11-13H2,1-2H3,(H,26,28). The van der Waals surface area contributed by atoms with Gasteiger partial charge in [0.25, 0.3) is 21.7 Å². The minimum atomic E-state index is -5.47. The summed E-state index contributed by atoms with van der Waals surface area (Å²) in [5, 5.41) is 2.60. The van der Waals surface area contributed by atoms with E-state index >= 15 is 0 Å². The third kappa shape index (κ3) is 5.72. The number of rotatable bonds is 5. The average Bonchev–Trinajstić information content (AvgIpc) is 2.76. The summed E-state index contributed by atoms with van der Waals surface area (Å²) < 4.78 is 66.3. The number of sulfone groups is 1. The third-order valence-corrected chi connectivity index (χ3v) is 6.59. The van der Waals surface area contributed by atoms with Crippen molar-refractivity contribution < 1.29 is 35.9 Å². The quantitative estimate of drug-likeness (QED) is 0.704. The van der Waals surface area contributed by atoms with Crippen molar-refractivity contribution in [3.05, 3.63) is 65.2 Å².